The first kappa shape index (κ1) is 101. The fraction of sp³-hybridized carbons (Fsp3) is 0.485. The first-order valence-electron chi connectivity index (χ1n) is 46.0. The van der Waals surface area contributed by atoms with Crippen LogP contribution in [0.3, 0.4) is 0 Å². The molecular weight excluding hydrogens is 1860 g/mol. The molecule has 3 saturated carbocycles. The van der Waals surface area contributed by atoms with Gasteiger partial charge in [-0.1, -0.05) is 54.6 Å². The number of rotatable bonds is 29. The van der Waals surface area contributed by atoms with Gasteiger partial charge in [0.15, 0.2) is 17.3 Å². The maximum atomic E-state index is 14.6. The Bertz CT molecular complexity index is 5750. The molecule has 37 nitrogen and oxygen atoms in total. The molecule has 6 aliphatic heterocycles. The smallest absolute Gasteiger partial charge is 0.328 e. The molecule has 12 heterocycles. The van der Waals surface area contributed by atoms with Gasteiger partial charge >= 0.3 is 23.9 Å². The number of esters is 3. The summed E-state index contributed by atoms with van der Waals surface area (Å²) in [7, 11) is 8.57. The Hall–Kier alpha value is -12.3. The lowest BCUT2D eigenvalue weighted by Crippen LogP contribution is -2.62. The second-order valence-corrected chi connectivity index (χ2v) is 38.7. The van der Waals surface area contributed by atoms with Gasteiger partial charge in [-0.3, -0.25) is 62.6 Å². The number of carboxylic acid groups (broad SMARTS) is 1. The number of aliphatic carboxylic acids is 1. The molecule has 3 saturated heterocycles. The van der Waals surface area contributed by atoms with E-state index < -0.39 is 106 Å². The standard InChI is InChI=1S/2C33H37N3O9S.C29H30N2O8S.C4H9NO2/c2*1-18-25-27(37)33(15-20(16-33)28(38)35-19(2)31(39)42-4)32(40)36(30(25)46-26(18)29-34-11-14-44-29)17-24(45-21-9-12-43-13-10-21)22-7-5-6-8-23(22)41-3;1-16-22-24(32)29(13-17(14-29)27(33)34)28(35)31(26(22)40-23(16)25-30-9-12-38-25)15-21(39-18-7-10-37-11-8-18)19-5-3-4-6-20(19)36-2;1-3(5)4(6)7-2/h2*5-8,11,14,19-21,24H,9-10,12-13,15-17H2,1-4H3,(H,35,38);3-6,9,12,17-18,21H,7-8,10-11,13-15H2,1-2H3,(H,33,34);3H,5H2,1-2H3/t2*19-,20?,24+,33?;17?,21-,29?;3-/m1101/s1. The summed E-state index contributed by atoms with van der Waals surface area (Å²) in [5.41, 5.74) is 6.38. The van der Waals surface area contributed by atoms with E-state index >= 15 is 0 Å². The fourth-order valence-electron chi connectivity index (χ4n) is 19.4. The number of hydrogen-bond acceptors (Lipinski definition) is 34. The van der Waals surface area contributed by atoms with Crippen molar-refractivity contribution in [2.24, 2.45) is 39.7 Å². The second kappa shape index (κ2) is 43.6. The van der Waals surface area contributed by atoms with Crippen molar-refractivity contribution >= 4 is 120 Å². The molecule has 9 aliphatic rings. The number of aromatic nitrogens is 3. The van der Waals surface area contributed by atoms with Gasteiger partial charge in [0, 0.05) is 68.2 Å². The number of carboxylic acids is 1. The molecule has 0 unspecified atom stereocenters. The Morgan fingerprint density at radius 1 is 0.432 bits per heavy atom. The number of ketones is 3. The average molecular weight is 1970 g/mol. The predicted molar refractivity (Wildman–Crippen MR) is 504 cm³/mol. The summed E-state index contributed by atoms with van der Waals surface area (Å²) < 4.78 is 84.2. The Kier molecular flexibility index (Phi) is 31.8. The number of methoxy groups -OCH3 is 6. The Labute approximate surface area is 813 Å². The molecular formula is C99H113N9O28S3. The second-order valence-electron chi connectivity index (χ2n) is 35.7. The minimum atomic E-state index is -1.44. The number of thiophene rings is 3. The molecule has 6 atom stereocenters. The molecule has 139 heavy (non-hydrogen) atoms. The number of nitrogens with one attached hydrogen (secondary N) is 2. The highest BCUT2D eigenvalue weighted by Gasteiger charge is 2.66. The van der Waals surface area contributed by atoms with Gasteiger partial charge in [-0.2, -0.15) is 0 Å². The van der Waals surface area contributed by atoms with Crippen molar-refractivity contribution in [1.29, 1.82) is 0 Å². The molecule has 3 aromatic carbocycles. The predicted octanol–water partition coefficient (Wildman–Crippen LogP) is 12.7. The van der Waals surface area contributed by atoms with E-state index in [4.69, 9.17) is 71.1 Å². The van der Waals surface area contributed by atoms with Gasteiger partial charge in [0.1, 0.15) is 104 Å². The Morgan fingerprint density at radius 3 is 0.942 bits per heavy atom. The van der Waals surface area contributed by atoms with Crippen molar-refractivity contribution in [3.63, 3.8) is 0 Å². The highest BCUT2D eigenvalue weighted by atomic mass is 32.1. The number of benzene rings is 3. The molecule has 0 radical (unpaired) electrons. The van der Waals surface area contributed by atoms with Crippen LogP contribution in [0.15, 0.2) is 123 Å². The minimum absolute atomic E-state index is 0.0180. The van der Waals surface area contributed by atoms with E-state index in [9.17, 15) is 62.6 Å². The molecule has 6 fully saturated rings. The number of fused-ring (bicyclic) bond motifs is 3. The fourth-order valence-corrected chi connectivity index (χ4v) is 23.2. The summed E-state index contributed by atoms with van der Waals surface area (Å²) in [6.07, 6.45) is 11.3. The number of carbonyl (C=O) groups is 12. The van der Waals surface area contributed by atoms with Crippen molar-refractivity contribution < 1.29 is 133 Å². The average Bonchev–Trinajstić information content (AvgIpc) is 1.67. The molecule has 18 rings (SSSR count). The van der Waals surface area contributed by atoms with Gasteiger partial charge in [-0.25, -0.2) is 24.5 Å². The zero-order valence-corrected chi connectivity index (χ0v) is 81.6. The van der Waals surface area contributed by atoms with Crippen LogP contribution in [0, 0.1) is 54.8 Å². The summed E-state index contributed by atoms with van der Waals surface area (Å²) in [5.74, 6) is -4.52. The summed E-state index contributed by atoms with van der Waals surface area (Å²) in [6.45, 7) is 13.9. The van der Waals surface area contributed by atoms with E-state index in [1.54, 1.807) is 43.0 Å². The molecule has 0 bridgehead atoms. The number of anilines is 3. The molecule has 5 amide bonds. The zero-order valence-electron chi connectivity index (χ0n) is 79.1. The Balaban J connectivity index is 0.000000153. The lowest BCUT2D eigenvalue weighted by atomic mass is 9.56. The molecule has 6 aromatic heterocycles. The topological polar surface area (TPSA) is 474 Å². The van der Waals surface area contributed by atoms with E-state index in [2.05, 4.69) is 30.3 Å². The molecule has 3 spiro atoms. The van der Waals surface area contributed by atoms with Crippen LogP contribution in [-0.2, 0) is 85.8 Å². The molecule has 3 aliphatic carbocycles. The zero-order chi connectivity index (χ0) is 99.1. The van der Waals surface area contributed by atoms with Crippen LogP contribution in [-0.4, -0.2) is 229 Å². The number of amides is 5. The number of hydrogen-bond donors (Lipinski definition) is 4. The molecule has 40 heteroatoms. The number of nitrogens with two attached hydrogens (primary N) is 1. The van der Waals surface area contributed by atoms with E-state index in [-0.39, 0.29) is 112 Å². The molecule has 5 N–H and O–H groups in total. The van der Waals surface area contributed by atoms with Crippen LogP contribution in [0.2, 0.25) is 0 Å². The van der Waals surface area contributed by atoms with Gasteiger partial charge in [0.2, 0.25) is 47.2 Å². The van der Waals surface area contributed by atoms with Gasteiger partial charge in [0.25, 0.3) is 0 Å². The molecule has 9 aromatic rings. The van der Waals surface area contributed by atoms with Crippen molar-refractivity contribution in [3.05, 3.63) is 160 Å². The van der Waals surface area contributed by atoms with Gasteiger partial charge < -0.3 is 91.6 Å². The van der Waals surface area contributed by atoms with E-state index in [1.807, 2.05) is 93.6 Å². The number of ether oxygens (including phenoxy) is 12. The van der Waals surface area contributed by atoms with Gasteiger partial charge in [0.05, 0.1) is 136 Å². The summed E-state index contributed by atoms with van der Waals surface area (Å²) >= 11 is 3.83. The van der Waals surface area contributed by atoms with Crippen molar-refractivity contribution in [2.45, 2.75) is 173 Å². The lowest BCUT2D eigenvalue weighted by molar-refractivity contribution is -0.152. The van der Waals surface area contributed by atoms with Crippen LogP contribution >= 0.6 is 34.0 Å². The van der Waals surface area contributed by atoms with Crippen LogP contribution < -0.4 is 45.3 Å². The van der Waals surface area contributed by atoms with Gasteiger partial charge in [-0.15, -0.1) is 34.0 Å². The minimum Gasteiger partial charge on any atom is -0.496 e. The third kappa shape index (κ3) is 20.3. The maximum absolute atomic E-state index is 14.6. The van der Waals surface area contributed by atoms with Gasteiger partial charge in [-0.05, 0) is 153 Å². The number of Topliss-reactive ketones (excluding diaryl/α,β-unsaturated/α-hetero) is 3. The third-order valence-corrected chi connectivity index (χ3v) is 31.0. The molecule has 740 valence electrons. The van der Waals surface area contributed by atoms with Crippen molar-refractivity contribution in [2.75, 3.05) is 117 Å². The van der Waals surface area contributed by atoms with Crippen molar-refractivity contribution in [1.82, 2.24) is 25.6 Å². The summed E-state index contributed by atoms with van der Waals surface area (Å²) in [5, 5.41) is 16.4. The lowest BCUT2D eigenvalue weighted by Gasteiger charge is -2.49. The van der Waals surface area contributed by atoms with Crippen LogP contribution in [0.5, 0.6) is 17.2 Å². The SMILES string of the molecule is COC(=O)[C@@H](C)N.COC(=O)[C@@H](C)NC(=O)C1CC2(C1)C(=O)c1c(sc(-c3ncco3)c1C)N(C[C@H](OC1CCOCC1)c1ccccc1OC)C2=O.COC(=O)[C@@H](C)NC(=O)C1CC2(C1)C(=O)c1c(sc(-c3ncco3)c1C)N(C[C@H](OC1CCOCC1)c1ccccc1OC)C2=O.COc1ccccc1[C@H](CN1C(=O)C2(CC(C(=O)O)C2)C(=O)c2c1sc(-c1ncco1)c2C)OC1CCOCC1. The number of oxazole rings is 3. The van der Waals surface area contributed by atoms with Crippen LogP contribution in [0.25, 0.3) is 32.3 Å². The van der Waals surface area contributed by atoms with E-state index in [0.717, 1.165) is 29.5 Å². The normalized spacial score (nSPS) is 22.4. The quantitative estimate of drug-likeness (QED) is 0.0192. The first-order chi connectivity index (χ1) is 66.9. The van der Waals surface area contributed by atoms with E-state index in [0.29, 0.717) is 163 Å². The van der Waals surface area contributed by atoms with Crippen molar-refractivity contribution in [3.8, 4) is 49.6 Å². The summed E-state index contributed by atoms with van der Waals surface area (Å²) in [6, 6.07) is 20.4. The number of para-hydroxylation sites is 3. The maximum Gasteiger partial charge on any atom is 0.328 e. The highest BCUT2D eigenvalue weighted by Crippen LogP contribution is 2.62. The van der Waals surface area contributed by atoms with Crippen LogP contribution in [0.4, 0.5) is 15.0 Å². The Morgan fingerprint density at radius 2 is 0.705 bits per heavy atom. The number of carbonyl (C=O) groups excluding carboxylic acids is 11. The monoisotopic (exact) mass is 1970 g/mol. The van der Waals surface area contributed by atoms with E-state index in [1.165, 1.54) is 107 Å². The first-order valence-corrected chi connectivity index (χ1v) is 48.4. The van der Waals surface area contributed by atoms with Crippen LogP contribution in [0.1, 0.15) is 181 Å². The number of nitrogens with zero attached hydrogens (tertiary/aromatic N) is 6. The summed E-state index contributed by atoms with van der Waals surface area (Å²) in [4.78, 5) is 178. The largest absolute Gasteiger partial charge is 0.496 e. The third-order valence-electron chi connectivity index (χ3n) is 27.1. The highest BCUT2D eigenvalue weighted by molar-refractivity contribution is 7.21.